The number of methoxy groups -OCH3 is 2. The fourth-order valence-corrected chi connectivity index (χ4v) is 2.67. The monoisotopic (exact) mass is 358 g/mol. The first-order chi connectivity index (χ1) is 11.0. The number of anilines is 1. The summed E-state index contributed by atoms with van der Waals surface area (Å²) in [5, 5.41) is 14.2. The average Bonchev–Trinajstić information content (AvgIpc) is 2.49. The molecule has 0 aliphatic rings. The third kappa shape index (κ3) is 4.77. The number of nitrogens with one attached hydrogen (secondary N) is 1. The highest BCUT2D eigenvalue weighted by Gasteiger charge is 2.36. The van der Waals surface area contributed by atoms with Gasteiger partial charge >= 0.3 is 17.4 Å². The summed E-state index contributed by atoms with van der Waals surface area (Å²) < 4.78 is 16.0. The van der Waals surface area contributed by atoms with E-state index < -0.39 is 18.9 Å². The Morgan fingerprint density at radius 1 is 1.17 bits per heavy atom. The molecule has 24 heavy (non-hydrogen) atoms. The van der Waals surface area contributed by atoms with Crippen LogP contribution in [0.5, 0.6) is 11.8 Å². The van der Waals surface area contributed by atoms with Crippen LogP contribution in [0.2, 0.25) is 18.1 Å². The Kier molecular flexibility index (Phi) is 6.49. The van der Waals surface area contributed by atoms with Crippen LogP contribution in [-0.2, 0) is 4.43 Å². The molecule has 9 nitrogen and oxygen atoms in total. The second-order valence-electron chi connectivity index (χ2n) is 6.71. The Balaban J connectivity index is 2.78. The fourth-order valence-electron chi connectivity index (χ4n) is 1.62. The molecule has 0 fully saturated rings. The van der Waals surface area contributed by atoms with Crippen molar-refractivity contribution in [2.75, 3.05) is 32.7 Å². The third-order valence-electron chi connectivity index (χ3n) is 4.04. The fraction of sp³-hybridized carbons (Fsp3) is 0.714. The Hall–Kier alpha value is -1.94. The van der Waals surface area contributed by atoms with Gasteiger partial charge < -0.3 is 19.2 Å². The number of rotatable bonds is 8. The zero-order chi connectivity index (χ0) is 18.5. The highest BCUT2D eigenvalue weighted by atomic mass is 28.4. The van der Waals surface area contributed by atoms with Crippen molar-refractivity contribution < 1.29 is 18.8 Å². The van der Waals surface area contributed by atoms with Crippen molar-refractivity contribution in [1.29, 1.82) is 0 Å². The van der Waals surface area contributed by atoms with E-state index >= 15 is 0 Å². The van der Waals surface area contributed by atoms with Crippen molar-refractivity contribution in [3.05, 3.63) is 10.1 Å². The molecule has 0 saturated heterocycles. The van der Waals surface area contributed by atoms with Crippen molar-refractivity contribution in [2.45, 2.75) is 38.9 Å². The predicted octanol–water partition coefficient (Wildman–Crippen LogP) is 2.84. The van der Waals surface area contributed by atoms with Crippen LogP contribution in [-0.4, -0.2) is 50.6 Å². The van der Waals surface area contributed by atoms with Gasteiger partial charge in [0.2, 0.25) is 5.95 Å². The molecule has 0 atom stereocenters. The Labute approximate surface area is 143 Å². The molecule has 1 aromatic heterocycles. The van der Waals surface area contributed by atoms with Crippen molar-refractivity contribution in [1.82, 2.24) is 9.97 Å². The molecule has 0 aliphatic carbocycles. The van der Waals surface area contributed by atoms with E-state index in [1.54, 1.807) is 0 Å². The maximum absolute atomic E-state index is 11.1. The van der Waals surface area contributed by atoms with Crippen LogP contribution >= 0.6 is 0 Å². The van der Waals surface area contributed by atoms with Gasteiger partial charge in [0.25, 0.3) is 0 Å². The van der Waals surface area contributed by atoms with Gasteiger partial charge in [-0.25, -0.2) is 0 Å². The maximum atomic E-state index is 11.1. The molecule has 0 bridgehead atoms. The zero-order valence-corrected chi connectivity index (χ0v) is 16.3. The SMILES string of the molecule is COc1nc(NCCO[Si](C)(C)C(C)(C)C)nc(OC)c1[N+](=O)[O-]. The average molecular weight is 358 g/mol. The molecule has 0 saturated carbocycles. The number of ether oxygens (including phenoxy) is 2. The molecule has 0 aromatic carbocycles. The number of hydrogen-bond donors (Lipinski definition) is 1. The summed E-state index contributed by atoms with van der Waals surface area (Å²) in [6.07, 6.45) is 0. The maximum Gasteiger partial charge on any atom is 0.392 e. The smallest absolute Gasteiger partial charge is 0.392 e. The quantitative estimate of drug-likeness (QED) is 0.327. The molecule has 1 aromatic rings. The van der Waals surface area contributed by atoms with Crippen LogP contribution in [0.4, 0.5) is 11.6 Å². The summed E-state index contributed by atoms with van der Waals surface area (Å²) in [6.45, 7) is 11.8. The van der Waals surface area contributed by atoms with E-state index in [-0.39, 0.29) is 22.7 Å². The lowest BCUT2D eigenvalue weighted by atomic mass is 10.2. The van der Waals surface area contributed by atoms with E-state index in [1.165, 1.54) is 14.2 Å². The van der Waals surface area contributed by atoms with Gasteiger partial charge in [-0.1, -0.05) is 20.8 Å². The van der Waals surface area contributed by atoms with E-state index in [0.717, 1.165) is 0 Å². The molecule has 1 heterocycles. The van der Waals surface area contributed by atoms with Crippen LogP contribution in [0.25, 0.3) is 0 Å². The van der Waals surface area contributed by atoms with Gasteiger partial charge in [-0.3, -0.25) is 10.1 Å². The first-order valence-corrected chi connectivity index (χ1v) is 10.5. The largest absolute Gasteiger partial charge is 0.476 e. The van der Waals surface area contributed by atoms with E-state index in [4.69, 9.17) is 13.9 Å². The van der Waals surface area contributed by atoms with E-state index in [9.17, 15) is 10.1 Å². The van der Waals surface area contributed by atoms with Gasteiger partial charge in [-0.15, -0.1) is 0 Å². The lowest BCUT2D eigenvalue weighted by molar-refractivity contribution is -0.387. The van der Waals surface area contributed by atoms with Crippen LogP contribution in [0.15, 0.2) is 0 Å². The van der Waals surface area contributed by atoms with E-state index in [1.807, 2.05) is 0 Å². The Morgan fingerprint density at radius 2 is 1.67 bits per heavy atom. The molecule has 0 unspecified atom stereocenters. The van der Waals surface area contributed by atoms with E-state index in [0.29, 0.717) is 13.2 Å². The zero-order valence-electron chi connectivity index (χ0n) is 15.3. The lowest BCUT2D eigenvalue weighted by Gasteiger charge is -2.36. The van der Waals surface area contributed by atoms with Gasteiger partial charge in [0.1, 0.15) is 0 Å². The second kappa shape index (κ2) is 7.75. The molecule has 10 heteroatoms. The van der Waals surface area contributed by atoms with Crippen LogP contribution in [0, 0.1) is 10.1 Å². The molecular weight excluding hydrogens is 332 g/mol. The summed E-state index contributed by atoms with van der Waals surface area (Å²) in [4.78, 5) is 18.4. The molecule has 1 rings (SSSR count). The summed E-state index contributed by atoms with van der Waals surface area (Å²) in [5.41, 5.74) is -0.400. The normalized spacial score (nSPS) is 12.0. The number of nitro groups is 1. The van der Waals surface area contributed by atoms with E-state index in [2.05, 4.69) is 49.1 Å². The molecule has 1 N–H and O–H groups in total. The van der Waals surface area contributed by atoms with Crippen molar-refractivity contribution >= 4 is 20.0 Å². The standard InChI is InChI=1S/C14H26N4O5Si/c1-14(2,3)24(6,7)23-9-8-15-13-16-11(21-4)10(18(19)20)12(17-13)22-5/h8-9H2,1-7H3,(H,15,16,17). The lowest BCUT2D eigenvalue weighted by Crippen LogP contribution is -2.41. The van der Waals surface area contributed by atoms with Crippen molar-refractivity contribution in [2.24, 2.45) is 0 Å². The number of aromatic nitrogens is 2. The summed E-state index contributed by atoms with van der Waals surface area (Å²) >= 11 is 0. The molecule has 0 spiro atoms. The van der Waals surface area contributed by atoms with Gasteiger partial charge in [-0.2, -0.15) is 9.97 Å². The number of nitrogens with zero attached hydrogens (tertiary/aromatic N) is 3. The van der Waals surface area contributed by atoms with Crippen LogP contribution < -0.4 is 14.8 Å². The van der Waals surface area contributed by atoms with Gasteiger partial charge in [-0.05, 0) is 18.1 Å². The second-order valence-corrected chi connectivity index (χ2v) is 11.5. The number of hydrogen-bond acceptors (Lipinski definition) is 8. The van der Waals surface area contributed by atoms with Gasteiger partial charge in [0.05, 0.1) is 25.7 Å². The minimum absolute atomic E-state index is 0.128. The van der Waals surface area contributed by atoms with Gasteiger partial charge in [0.15, 0.2) is 8.32 Å². The molecule has 0 radical (unpaired) electrons. The summed E-state index contributed by atoms with van der Waals surface area (Å²) in [7, 11) is 0.787. The minimum atomic E-state index is -1.82. The molecule has 0 amide bonds. The van der Waals surface area contributed by atoms with Crippen LogP contribution in [0.3, 0.4) is 0 Å². The molecular formula is C14H26N4O5Si. The summed E-state index contributed by atoms with van der Waals surface area (Å²) in [5.74, 6) is -0.118. The Bertz CT molecular complexity index is 564. The highest BCUT2D eigenvalue weighted by Crippen LogP contribution is 2.36. The Morgan fingerprint density at radius 3 is 2.04 bits per heavy atom. The van der Waals surface area contributed by atoms with Crippen molar-refractivity contribution in [3.8, 4) is 11.8 Å². The topological polar surface area (TPSA) is 109 Å². The third-order valence-corrected chi connectivity index (χ3v) is 8.58. The molecule has 136 valence electrons. The highest BCUT2D eigenvalue weighted by molar-refractivity contribution is 6.74. The minimum Gasteiger partial charge on any atom is -0.476 e. The van der Waals surface area contributed by atoms with Gasteiger partial charge in [0, 0.05) is 6.54 Å². The van der Waals surface area contributed by atoms with Crippen LogP contribution in [0.1, 0.15) is 20.8 Å². The molecule has 0 aliphatic heterocycles. The van der Waals surface area contributed by atoms with Crippen molar-refractivity contribution in [3.63, 3.8) is 0 Å². The summed E-state index contributed by atoms with van der Waals surface area (Å²) in [6, 6.07) is 0. The first-order valence-electron chi connectivity index (χ1n) is 7.55. The predicted molar refractivity (Wildman–Crippen MR) is 93.4 cm³/mol. The first kappa shape index (κ1) is 20.1.